The van der Waals surface area contributed by atoms with E-state index in [2.05, 4.69) is 42.5 Å². The van der Waals surface area contributed by atoms with Crippen LogP contribution < -0.4 is 59.7 Å². The molecule has 16 N–H and O–H groups in total. The summed E-state index contributed by atoms with van der Waals surface area (Å²) < 4.78 is 0. The summed E-state index contributed by atoms with van der Waals surface area (Å²) in [4.78, 5) is 153. The SMILES string of the molecule is CC(C)C[C@H](NC(=O)[C@@H](NC(=O)[C@@H](NC(=O)[C@H](CC(=O)O)NC(=O)[C@H](CC(N)=O)NC(=O)[C@H](C)NC(=O)[C@H](CC(C)C)NC(=O)[C@H](CCC(N)=O)NC(=O)[C@H](C)N)C(C)C)C(C)C)C(=O)O. The number of carboxylic acid groups (broad SMARTS) is 2. The van der Waals surface area contributed by atoms with Gasteiger partial charge in [-0.1, -0.05) is 55.4 Å². The maximum absolute atomic E-state index is 13.6. The highest BCUT2D eigenvalue weighted by molar-refractivity contribution is 5.99. The minimum atomic E-state index is -1.92. The number of hydrogen-bond acceptors (Lipinski definition) is 13. The Morgan fingerprint density at radius 2 is 0.803 bits per heavy atom. The van der Waals surface area contributed by atoms with Crippen molar-refractivity contribution < 1.29 is 67.7 Å². The molecule has 25 nitrogen and oxygen atoms in total. The lowest BCUT2D eigenvalue weighted by Gasteiger charge is -2.29. The largest absolute Gasteiger partial charge is 0.481 e. The Hall–Kier alpha value is -6.40. The average Bonchev–Trinajstić information content (AvgIpc) is 3.17. The van der Waals surface area contributed by atoms with Crippen molar-refractivity contribution in [2.45, 2.75) is 162 Å². The van der Waals surface area contributed by atoms with Crippen molar-refractivity contribution in [1.29, 1.82) is 0 Å². The Balaban J connectivity index is 6.28. The summed E-state index contributed by atoms with van der Waals surface area (Å²) in [6.45, 7) is 15.8. The van der Waals surface area contributed by atoms with Crippen molar-refractivity contribution in [2.24, 2.45) is 40.9 Å². The molecule has 0 radical (unpaired) electrons. The van der Waals surface area contributed by atoms with Crippen LogP contribution in [-0.4, -0.2) is 136 Å². The predicted molar refractivity (Wildman–Crippen MR) is 235 cm³/mol. The molecule has 374 valence electrons. The summed E-state index contributed by atoms with van der Waals surface area (Å²) in [5, 5.41) is 38.2. The molecule has 25 heteroatoms. The molecule has 0 aliphatic rings. The second kappa shape index (κ2) is 28.5. The number of nitrogens with one attached hydrogen (secondary N) is 8. The number of carboxylic acids is 2. The van der Waals surface area contributed by atoms with Crippen molar-refractivity contribution in [3.8, 4) is 0 Å². The van der Waals surface area contributed by atoms with Crippen LogP contribution in [0.15, 0.2) is 0 Å². The van der Waals surface area contributed by atoms with Crippen LogP contribution in [0.3, 0.4) is 0 Å². The van der Waals surface area contributed by atoms with Crippen LogP contribution in [0.1, 0.15) is 108 Å². The van der Waals surface area contributed by atoms with Gasteiger partial charge in [-0.15, -0.1) is 0 Å². The van der Waals surface area contributed by atoms with E-state index in [4.69, 9.17) is 17.2 Å². The quantitative estimate of drug-likeness (QED) is 0.0330. The van der Waals surface area contributed by atoms with Gasteiger partial charge in [0.25, 0.3) is 0 Å². The molecule has 0 aromatic carbocycles. The fraction of sp³-hybridized carbons (Fsp3) is 0.707. The third-order valence-corrected chi connectivity index (χ3v) is 9.68. The first-order chi connectivity index (χ1) is 30.4. The second-order valence-electron chi connectivity index (χ2n) is 17.7. The highest BCUT2D eigenvalue weighted by atomic mass is 16.4. The lowest BCUT2D eigenvalue weighted by Crippen LogP contribution is -2.61. The minimum Gasteiger partial charge on any atom is -0.481 e. The van der Waals surface area contributed by atoms with Crippen LogP contribution in [-0.2, 0) is 57.5 Å². The van der Waals surface area contributed by atoms with Crippen molar-refractivity contribution in [3.63, 3.8) is 0 Å². The topological polar surface area (TPSA) is 420 Å². The van der Waals surface area contributed by atoms with E-state index in [0.717, 1.165) is 0 Å². The Morgan fingerprint density at radius 3 is 1.24 bits per heavy atom. The number of amides is 10. The number of primary amides is 2. The first-order valence-corrected chi connectivity index (χ1v) is 21.6. The molecule has 10 amide bonds. The highest BCUT2D eigenvalue weighted by Crippen LogP contribution is 2.12. The molecule has 0 heterocycles. The molecule has 0 unspecified atom stereocenters. The van der Waals surface area contributed by atoms with Gasteiger partial charge in [0, 0.05) is 6.42 Å². The molecule has 0 bridgehead atoms. The fourth-order valence-electron chi connectivity index (χ4n) is 6.10. The smallest absolute Gasteiger partial charge is 0.326 e. The van der Waals surface area contributed by atoms with Crippen LogP contribution in [0, 0.1) is 23.7 Å². The van der Waals surface area contributed by atoms with E-state index in [0.29, 0.717) is 0 Å². The Morgan fingerprint density at radius 1 is 0.424 bits per heavy atom. The number of nitrogens with two attached hydrogens (primary N) is 3. The summed E-state index contributed by atoms with van der Waals surface area (Å²) in [5.41, 5.74) is 16.2. The van der Waals surface area contributed by atoms with Gasteiger partial charge in [-0.3, -0.25) is 52.7 Å². The van der Waals surface area contributed by atoms with Crippen molar-refractivity contribution >= 4 is 71.0 Å². The molecule has 0 saturated heterocycles. The van der Waals surface area contributed by atoms with Gasteiger partial charge in [0.05, 0.1) is 18.9 Å². The molecule has 66 heavy (non-hydrogen) atoms. The Labute approximate surface area is 383 Å². The second-order valence-corrected chi connectivity index (χ2v) is 17.7. The van der Waals surface area contributed by atoms with Gasteiger partial charge >= 0.3 is 11.9 Å². The van der Waals surface area contributed by atoms with E-state index >= 15 is 0 Å². The number of carbonyl (C=O) groups is 12. The summed E-state index contributed by atoms with van der Waals surface area (Å²) in [6, 6.07) is -12.8. The van der Waals surface area contributed by atoms with E-state index in [1.54, 1.807) is 41.5 Å². The van der Waals surface area contributed by atoms with Crippen LogP contribution >= 0.6 is 0 Å². The molecule has 0 aliphatic carbocycles. The van der Waals surface area contributed by atoms with Gasteiger partial charge < -0.3 is 69.9 Å². The molecular formula is C41H71N11O14. The third kappa shape index (κ3) is 22.5. The van der Waals surface area contributed by atoms with Gasteiger partial charge in [-0.25, -0.2) is 4.79 Å². The number of carbonyl (C=O) groups excluding carboxylic acids is 10. The summed E-state index contributed by atoms with van der Waals surface area (Å²) >= 11 is 0. The summed E-state index contributed by atoms with van der Waals surface area (Å²) in [5.74, 6) is -14.0. The van der Waals surface area contributed by atoms with Crippen LogP contribution in [0.5, 0.6) is 0 Å². The van der Waals surface area contributed by atoms with E-state index in [-0.39, 0.29) is 37.5 Å². The van der Waals surface area contributed by atoms with Gasteiger partial charge in [0.1, 0.15) is 48.3 Å². The molecule has 0 aromatic rings. The van der Waals surface area contributed by atoms with Crippen molar-refractivity contribution in [3.05, 3.63) is 0 Å². The molecule has 0 aromatic heterocycles. The summed E-state index contributed by atoms with van der Waals surface area (Å²) in [7, 11) is 0. The zero-order valence-corrected chi connectivity index (χ0v) is 39.3. The lowest BCUT2D eigenvalue weighted by atomic mass is 9.98. The van der Waals surface area contributed by atoms with Crippen molar-refractivity contribution in [2.75, 3.05) is 0 Å². The van der Waals surface area contributed by atoms with Crippen LogP contribution in [0.4, 0.5) is 0 Å². The van der Waals surface area contributed by atoms with Gasteiger partial charge in [0.2, 0.25) is 59.1 Å². The maximum atomic E-state index is 13.6. The molecule has 0 rings (SSSR count). The van der Waals surface area contributed by atoms with Crippen LogP contribution in [0.2, 0.25) is 0 Å². The first kappa shape index (κ1) is 59.6. The van der Waals surface area contributed by atoms with E-state index in [9.17, 15) is 67.7 Å². The Kier molecular flexibility index (Phi) is 25.7. The predicted octanol–water partition coefficient (Wildman–Crippen LogP) is -3.66. The molecule has 0 spiro atoms. The zero-order valence-electron chi connectivity index (χ0n) is 39.3. The minimum absolute atomic E-state index is 0.0219. The summed E-state index contributed by atoms with van der Waals surface area (Å²) in [6.07, 6.45) is -2.34. The van der Waals surface area contributed by atoms with E-state index in [1.165, 1.54) is 27.7 Å². The number of aliphatic carboxylic acids is 2. The molecule has 0 fully saturated rings. The Bertz CT molecular complexity index is 1770. The third-order valence-electron chi connectivity index (χ3n) is 9.68. The fourth-order valence-corrected chi connectivity index (χ4v) is 6.10. The van der Waals surface area contributed by atoms with E-state index in [1.807, 2.05) is 0 Å². The van der Waals surface area contributed by atoms with Gasteiger partial charge in [-0.05, 0) is 56.8 Å². The van der Waals surface area contributed by atoms with Crippen LogP contribution in [0.25, 0.3) is 0 Å². The monoisotopic (exact) mass is 942 g/mol. The highest BCUT2D eigenvalue weighted by Gasteiger charge is 2.37. The number of hydrogen-bond donors (Lipinski definition) is 13. The van der Waals surface area contributed by atoms with E-state index < -0.39 is 150 Å². The zero-order chi connectivity index (χ0) is 51.3. The van der Waals surface area contributed by atoms with Gasteiger partial charge in [-0.2, -0.15) is 0 Å². The standard InChI is InChI=1S/C41H71N11O14/c1-17(2)13-24(48-35(59)23(11-12-28(43)53)46-33(57)21(9)42)36(60)45-22(10)34(58)47-25(15-29(44)54)37(61)49-26(16-30(55)56)38(62)51-32(20(7)8)40(64)52-31(19(5)6)39(63)50-27(41(65)66)14-18(3)4/h17-27,31-32H,11-16,42H2,1-10H3,(H2,43,53)(H2,44,54)(H,45,60)(H,46,57)(H,47,58)(H,48,59)(H,49,61)(H,50,63)(H,51,62)(H,52,64)(H,55,56)(H,65,66)/t21-,22-,23-,24-,25-,26-,27-,31-,32-/m0/s1. The molecule has 0 saturated carbocycles. The van der Waals surface area contributed by atoms with Crippen molar-refractivity contribution in [1.82, 2.24) is 42.5 Å². The molecule has 0 aliphatic heterocycles. The normalized spacial score (nSPS) is 15.3. The molecule has 9 atom stereocenters. The lowest BCUT2D eigenvalue weighted by molar-refractivity contribution is -0.143. The molecular weight excluding hydrogens is 871 g/mol. The first-order valence-electron chi connectivity index (χ1n) is 21.6. The number of rotatable bonds is 30. The van der Waals surface area contributed by atoms with Gasteiger partial charge in [0.15, 0.2) is 0 Å². The maximum Gasteiger partial charge on any atom is 0.326 e. The average molecular weight is 942 g/mol.